The average Bonchev–Trinajstić information content (AvgIpc) is 2.64. The molecule has 0 N–H and O–H groups in total. The minimum absolute atomic E-state index is 0.187. The summed E-state index contributed by atoms with van der Waals surface area (Å²) in [5, 5.41) is 0. The lowest BCUT2D eigenvalue weighted by molar-refractivity contribution is -0.166. The van der Waals surface area contributed by atoms with Gasteiger partial charge in [-0.2, -0.15) is 0 Å². The minimum atomic E-state index is -0.879. The Kier molecular flexibility index (Phi) is 4.16. The molecule has 0 bridgehead atoms. The summed E-state index contributed by atoms with van der Waals surface area (Å²) in [6, 6.07) is 13.8. The van der Waals surface area contributed by atoms with Crippen LogP contribution in [-0.2, 0) is 19.1 Å². The highest BCUT2D eigenvalue weighted by molar-refractivity contribution is 6.11. The quantitative estimate of drug-likeness (QED) is 0.794. The van der Waals surface area contributed by atoms with E-state index in [0.29, 0.717) is 22.3 Å². The van der Waals surface area contributed by atoms with Gasteiger partial charge in [0, 0.05) is 36.1 Å². The molecule has 0 aromatic heterocycles. The van der Waals surface area contributed by atoms with Crippen molar-refractivity contribution in [2.45, 2.75) is 26.1 Å². The Morgan fingerprint density at radius 1 is 0.750 bits per heavy atom. The predicted molar refractivity (Wildman–Crippen MR) is 85.3 cm³/mol. The molecule has 2 aromatic carbocycles. The number of rotatable bonds is 2. The third kappa shape index (κ3) is 2.80. The number of ether oxygens (including phenoxy) is 2. The molecule has 0 heterocycles. The van der Waals surface area contributed by atoms with E-state index in [1.165, 1.54) is 13.8 Å². The fourth-order valence-corrected chi connectivity index (χ4v) is 2.98. The van der Waals surface area contributed by atoms with Crippen molar-refractivity contribution < 1.29 is 23.9 Å². The molecular formula is C19H16O5. The molecular weight excluding hydrogens is 308 g/mol. The van der Waals surface area contributed by atoms with Crippen molar-refractivity contribution in [3.63, 3.8) is 0 Å². The van der Waals surface area contributed by atoms with Crippen LogP contribution >= 0.6 is 0 Å². The number of hydrogen-bond donors (Lipinski definition) is 0. The number of ketones is 1. The second-order valence-corrected chi connectivity index (χ2v) is 5.56. The van der Waals surface area contributed by atoms with E-state index in [9.17, 15) is 14.4 Å². The van der Waals surface area contributed by atoms with E-state index in [4.69, 9.17) is 9.47 Å². The lowest BCUT2D eigenvalue weighted by atomic mass is 9.98. The van der Waals surface area contributed by atoms with Crippen LogP contribution in [0.3, 0.4) is 0 Å². The van der Waals surface area contributed by atoms with Crippen LogP contribution in [-0.4, -0.2) is 17.7 Å². The summed E-state index contributed by atoms with van der Waals surface area (Å²) in [5.74, 6) is -1.22. The molecule has 2 atom stereocenters. The molecule has 2 aromatic rings. The number of hydrogen-bond acceptors (Lipinski definition) is 5. The summed E-state index contributed by atoms with van der Waals surface area (Å²) in [4.78, 5) is 36.1. The minimum Gasteiger partial charge on any atom is -0.453 e. The summed E-state index contributed by atoms with van der Waals surface area (Å²) >= 11 is 0. The SMILES string of the molecule is CC(=O)O[C@@H]1c2ccccc2C(=O)c2ccccc2[C@H]1OC(C)=O. The maximum atomic E-state index is 12.9. The van der Waals surface area contributed by atoms with Gasteiger partial charge in [-0.15, -0.1) is 0 Å². The van der Waals surface area contributed by atoms with E-state index in [2.05, 4.69) is 0 Å². The van der Waals surface area contributed by atoms with Crippen LogP contribution in [0.5, 0.6) is 0 Å². The Bertz CT molecular complexity index is 757. The standard InChI is InChI=1S/C19H16O5/c1-11(20)23-18-15-9-5-3-7-13(15)17(22)14-8-4-6-10-16(14)19(18)24-12(2)21/h3-10,18-19H,1-2H3/t18-,19-/m1/s1. The Morgan fingerprint density at radius 2 is 1.12 bits per heavy atom. The van der Waals surface area contributed by atoms with Crippen molar-refractivity contribution in [1.29, 1.82) is 0 Å². The van der Waals surface area contributed by atoms with E-state index >= 15 is 0 Å². The van der Waals surface area contributed by atoms with Crippen molar-refractivity contribution in [3.05, 3.63) is 70.8 Å². The third-order valence-electron chi connectivity index (χ3n) is 3.88. The third-order valence-corrected chi connectivity index (χ3v) is 3.88. The van der Waals surface area contributed by atoms with E-state index in [1.807, 2.05) is 0 Å². The Hall–Kier alpha value is -2.95. The van der Waals surface area contributed by atoms with E-state index < -0.39 is 24.1 Å². The molecule has 0 radical (unpaired) electrons. The molecule has 122 valence electrons. The van der Waals surface area contributed by atoms with E-state index in [1.54, 1.807) is 48.5 Å². The smallest absolute Gasteiger partial charge is 0.303 e. The second kappa shape index (κ2) is 6.28. The second-order valence-electron chi connectivity index (χ2n) is 5.56. The van der Waals surface area contributed by atoms with Gasteiger partial charge < -0.3 is 9.47 Å². The topological polar surface area (TPSA) is 69.7 Å². The molecule has 1 aliphatic rings. The molecule has 0 amide bonds. The molecule has 3 rings (SSSR count). The normalized spacial score (nSPS) is 18.8. The average molecular weight is 324 g/mol. The highest BCUT2D eigenvalue weighted by atomic mass is 16.6. The van der Waals surface area contributed by atoms with Crippen LogP contribution in [0.2, 0.25) is 0 Å². The summed E-state index contributed by atoms with van der Waals surface area (Å²) in [5.41, 5.74) is 1.93. The Balaban J connectivity index is 2.27. The van der Waals surface area contributed by atoms with Crippen molar-refractivity contribution in [2.24, 2.45) is 0 Å². The fraction of sp³-hybridized carbons (Fsp3) is 0.211. The van der Waals surface area contributed by atoms with Crippen LogP contribution in [0.4, 0.5) is 0 Å². The maximum Gasteiger partial charge on any atom is 0.303 e. The largest absolute Gasteiger partial charge is 0.453 e. The fourth-order valence-electron chi connectivity index (χ4n) is 2.98. The highest BCUT2D eigenvalue weighted by Gasteiger charge is 2.38. The van der Waals surface area contributed by atoms with Crippen LogP contribution in [0.15, 0.2) is 48.5 Å². The first kappa shape index (κ1) is 15.9. The number of fused-ring (bicyclic) bond motifs is 2. The van der Waals surface area contributed by atoms with Crippen LogP contribution in [0, 0.1) is 0 Å². The van der Waals surface area contributed by atoms with Gasteiger partial charge >= 0.3 is 11.9 Å². The van der Waals surface area contributed by atoms with Crippen LogP contribution < -0.4 is 0 Å². The molecule has 0 spiro atoms. The zero-order chi connectivity index (χ0) is 17.3. The van der Waals surface area contributed by atoms with Crippen molar-refractivity contribution in [3.8, 4) is 0 Å². The van der Waals surface area contributed by atoms with Gasteiger partial charge in [0.2, 0.25) is 0 Å². The number of benzene rings is 2. The van der Waals surface area contributed by atoms with Gasteiger partial charge in [-0.25, -0.2) is 0 Å². The number of carbonyl (C=O) groups is 3. The summed E-state index contributed by atoms with van der Waals surface area (Å²) in [6.07, 6.45) is -1.76. The zero-order valence-corrected chi connectivity index (χ0v) is 13.3. The molecule has 0 aliphatic heterocycles. The first-order valence-electron chi connectivity index (χ1n) is 7.56. The van der Waals surface area contributed by atoms with Crippen LogP contribution in [0.25, 0.3) is 0 Å². The summed E-state index contributed by atoms with van der Waals surface area (Å²) < 4.78 is 10.9. The van der Waals surface area contributed by atoms with Crippen molar-refractivity contribution in [1.82, 2.24) is 0 Å². The lowest BCUT2D eigenvalue weighted by Gasteiger charge is -2.26. The molecule has 0 saturated carbocycles. The molecule has 1 aliphatic carbocycles. The van der Waals surface area contributed by atoms with Gasteiger partial charge in [-0.05, 0) is 0 Å². The van der Waals surface area contributed by atoms with Gasteiger partial charge in [0.05, 0.1) is 0 Å². The number of carbonyl (C=O) groups excluding carboxylic acids is 3. The molecule has 0 fully saturated rings. The van der Waals surface area contributed by atoms with Crippen molar-refractivity contribution in [2.75, 3.05) is 0 Å². The maximum absolute atomic E-state index is 12.9. The van der Waals surface area contributed by atoms with Crippen LogP contribution in [0.1, 0.15) is 53.1 Å². The lowest BCUT2D eigenvalue weighted by Crippen LogP contribution is -2.21. The van der Waals surface area contributed by atoms with Gasteiger partial charge in [-0.1, -0.05) is 48.5 Å². The number of esters is 2. The van der Waals surface area contributed by atoms with Crippen molar-refractivity contribution >= 4 is 17.7 Å². The van der Waals surface area contributed by atoms with E-state index in [0.717, 1.165) is 0 Å². The summed E-state index contributed by atoms with van der Waals surface area (Å²) in [6.45, 7) is 2.57. The first-order valence-corrected chi connectivity index (χ1v) is 7.56. The molecule has 5 nitrogen and oxygen atoms in total. The van der Waals surface area contributed by atoms with Gasteiger partial charge in [-0.3, -0.25) is 14.4 Å². The van der Waals surface area contributed by atoms with Gasteiger partial charge in [0.15, 0.2) is 18.0 Å². The van der Waals surface area contributed by atoms with E-state index in [-0.39, 0.29) is 5.78 Å². The monoisotopic (exact) mass is 324 g/mol. The zero-order valence-electron chi connectivity index (χ0n) is 13.3. The highest BCUT2D eigenvalue weighted by Crippen LogP contribution is 2.42. The molecule has 5 heteroatoms. The molecule has 0 unspecified atom stereocenters. The predicted octanol–water partition coefficient (Wildman–Crippen LogP) is 3.14. The Morgan fingerprint density at radius 3 is 1.50 bits per heavy atom. The van der Waals surface area contributed by atoms with Gasteiger partial charge in [0.25, 0.3) is 0 Å². The molecule has 24 heavy (non-hydrogen) atoms. The first-order chi connectivity index (χ1) is 11.5. The van der Waals surface area contributed by atoms with Gasteiger partial charge in [0.1, 0.15) is 0 Å². The Labute approximate surface area is 139 Å². The molecule has 0 saturated heterocycles. The summed E-state index contributed by atoms with van der Waals surface area (Å²) in [7, 11) is 0.